The van der Waals surface area contributed by atoms with E-state index in [-0.39, 0.29) is 16.7 Å². The van der Waals surface area contributed by atoms with Crippen LogP contribution in [0.1, 0.15) is 22.5 Å². The van der Waals surface area contributed by atoms with E-state index in [1.54, 1.807) is 6.07 Å². The summed E-state index contributed by atoms with van der Waals surface area (Å²) in [6.45, 7) is 0. The van der Waals surface area contributed by atoms with E-state index in [0.29, 0.717) is 5.00 Å². The van der Waals surface area contributed by atoms with Crippen LogP contribution in [0.25, 0.3) is 0 Å². The molecule has 1 heterocycles. The van der Waals surface area contributed by atoms with Gasteiger partial charge in [0.15, 0.2) is 0 Å². The van der Waals surface area contributed by atoms with Gasteiger partial charge < -0.3 is 10.4 Å². The molecule has 16 heavy (non-hydrogen) atoms. The molecular formula is C11H11NO3S. The largest absolute Gasteiger partial charge is 0.477 e. The number of hydrogen-bond donors (Lipinski definition) is 2. The lowest BCUT2D eigenvalue weighted by molar-refractivity contribution is -0.119. The predicted octanol–water partition coefficient (Wildman–Crippen LogP) is 2.35. The molecule has 1 aliphatic carbocycles. The maximum atomic E-state index is 11.7. The van der Waals surface area contributed by atoms with Crippen LogP contribution in [0.5, 0.6) is 0 Å². The third-order valence-corrected chi connectivity index (χ3v) is 3.43. The molecule has 0 spiro atoms. The predicted molar refractivity (Wildman–Crippen MR) is 61.8 cm³/mol. The molecule has 0 saturated carbocycles. The summed E-state index contributed by atoms with van der Waals surface area (Å²) in [5, 5.41) is 12.1. The lowest BCUT2D eigenvalue weighted by atomic mass is 10.1. The first-order valence-corrected chi connectivity index (χ1v) is 5.77. The topological polar surface area (TPSA) is 66.4 Å². The van der Waals surface area contributed by atoms with E-state index in [2.05, 4.69) is 5.32 Å². The van der Waals surface area contributed by atoms with Gasteiger partial charge in [0.25, 0.3) is 0 Å². The molecule has 1 aromatic heterocycles. The van der Waals surface area contributed by atoms with Gasteiger partial charge in [-0.2, -0.15) is 0 Å². The zero-order valence-electron chi connectivity index (χ0n) is 8.47. The van der Waals surface area contributed by atoms with E-state index >= 15 is 0 Å². The SMILES string of the molecule is O=C(O)c1ccc(NC(=O)C2CC=CC2)s1. The van der Waals surface area contributed by atoms with Crippen LogP contribution in [0.4, 0.5) is 5.00 Å². The van der Waals surface area contributed by atoms with Crippen molar-refractivity contribution in [3.05, 3.63) is 29.2 Å². The number of aromatic carboxylic acids is 1. The molecule has 1 amide bonds. The van der Waals surface area contributed by atoms with Crippen LogP contribution < -0.4 is 5.32 Å². The maximum absolute atomic E-state index is 11.7. The van der Waals surface area contributed by atoms with Crippen LogP contribution in [0.2, 0.25) is 0 Å². The van der Waals surface area contributed by atoms with Crippen molar-refractivity contribution in [1.29, 1.82) is 0 Å². The minimum absolute atomic E-state index is 0.00428. The first-order valence-electron chi connectivity index (χ1n) is 4.96. The number of carbonyl (C=O) groups is 2. The van der Waals surface area contributed by atoms with Crippen LogP contribution in [0.15, 0.2) is 24.3 Å². The minimum atomic E-state index is -0.965. The van der Waals surface area contributed by atoms with Gasteiger partial charge in [0.05, 0.1) is 5.00 Å². The normalized spacial score (nSPS) is 15.2. The zero-order valence-corrected chi connectivity index (χ0v) is 9.29. The summed E-state index contributed by atoms with van der Waals surface area (Å²) in [5.74, 6) is -1.01. The van der Waals surface area contributed by atoms with Crippen LogP contribution in [0.3, 0.4) is 0 Å². The summed E-state index contributed by atoms with van der Waals surface area (Å²) in [6.07, 6.45) is 5.51. The summed E-state index contributed by atoms with van der Waals surface area (Å²) in [4.78, 5) is 22.6. The van der Waals surface area contributed by atoms with E-state index in [9.17, 15) is 9.59 Å². The average Bonchev–Trinajstić information content (AvgIpc) is 2.87. The van der Waals surface area contributed by atoms with Gasteiger partial charge in [0, 0.05) is 5.92 Å². The minimum Gasteiger partial charge on any atom is -0.477 e. The highest BCUT2D eigenvalue weighted by Crippen LogP contribution is 2.24. The van der Waals surface area contributed by atoms with Gasteiger partial charge in [-0.15, -0.1) is 11.3 Å². The Balaban J connectivity index is 1.98. The van der Waals surface area contributed by atoms with Gasteiger partial charge in [-0.3, -0.25) is 4.79 Å². The molecule has 0 aliphatic heterocycles. The van der Waals surface area contributed by atoms with Crippen molar-refractivity contribution in [2.24, 2.45) is 5.92 Å². The van der Waals surface area contributed by atoms with Crippen LogP contribution in [0, 0.1) is 5.92 Å². The van der Waals surface area contributed by atoms with Gasteiger partial charge in [0.2, 0.25) is 5.91 Å². The number of carboxylic acids is 1. The van der Waals surface area contributed by atoms with Crippen molar-refractivity contribution in [3.63, 3.8) is 0 Å². The highest BCUT2D eigenvalue weighted by Gasteiger charge is 2.19. The lowest BCUT2D eigenvalue weighted by Gasteiger charge is -2.08. The van der Waals surface area contributed by atoms with Crippen LogP contribution >= 0.6 is 11.3 Å². The number of amides is 1. The second-order valence-corrected chi connectivity index (χ2v) is 4.68. The fourth-order valence-corrected chi connectivity index (χ4v) is 2.32. The van der Waals surface area contributed by atoms with Crippen molar-refractivity contribution < 1.29 is 14.7 Å². The number of thiophene rings is 1. The zero-order chi connectivity index (χ0) is 11.5. The Labute approximate surface area is 96.6 Å². The highest BCUT2D eigenvalue weighted by atomic mass is 32.1. The molecule has 2 N–H and O–H groups in total. The highest BCUT2D eigenvalue weighted by molar-refractivity contribution is 7.18. The summed E-state index contributed by atoms with van der Waals surface area (Å²) in [7, 11) is 0. The van der Waals surface area contributed by atoms with Crippen molar-refractivity contribution in [2.75, 3.05) is 5.32 Å². The van der Waals surface area contributed by atoms with Crippen LogP contribution in [-0.2, 0) is 4.79 Å². The third kappa shape index (κ3) is 2.30. The molecule has 5 heteroatoms. The van der Waals surface area contributed by atoms with E-state index in [1.807, 2.05) is 12.2 Å². The summed E-state index contributed by atoms with van der Waals surface area (Å²) in [6, 6.07) is 3.11. The molecule has 1 aromatic rings. The van der Waals surface area contributed by atoms with E-state index in [4.69, 9.17) is 5.11 Å². The van der Waals surface area contributed by atoms with E-state index in [1.165, 1.54) is 6.07 Å². The number of allylic oxidation sites excluding steroid dienone is 2. The number of rotatable bonds is 3. The quantitative estimate of drug-likeness (QED) is 0.793. The van der Waals surface area contributed by atoms with Gasteiger partial charge >= 0.3 is 5.97 Å². The van der Waals surface area contributed by atoms with Gasteiger partial charge in [-0.25, -0.2) is 4.79 Å². The Morgan fingerprint density at radius 2 is 2.00 bits per heavy atom. The Morgan fingerprint density at radius 3 is 2.56 bits per heavy atom. The summed E-state index contributed by atoms with van der Waals surface area (Å²) >= 11 is 1.08. The summed E-state index contributed by atoms with van der Waals surface area (Å²) < 4.78 is 0. The fourth-order valence-electron chi connectivity index (χ4n) is 1.57. The molecule has 0 fully saturated rings. The Morgan fingerprint density at radius 1 is 1.31 bits per heavy atom. The van der Waals surface area contributed by atoms with Crippen molar-refractivity contribution >= 4 is 28.2 Å². The standard InChI is InChI=1S/C11H11NO3S/c13-10(7-3-1-2-4-7)12-9-6-5-8(16-9)11(14)15/h1-2,5-7H,3-4H2,(H,12,13)(H,14,15). The number of carboxylic acid groups (broad SMARTS) is 1. The van der Waals surface area contributed by atoms with Gasteiger partial charge in [-0.1, -0.05) is 12.2 Å². The number of nitrogens with one attached hydrogen (secondary N) is 1. The lowest BCUT2D eigenvalue weighted by Crippen LogP contribution is -2.19. The van der Waals surface area contributed by atoms with Gasteiger partial charge in [-0.05, 0) is 25.0 Å². The van der Waals surface area contributed by atoms with E-state index in [0.717, 1.165) is 24.2 Å². The molecule has 0 radical (unpaired) electrons. The molecule has 0 atom stereocenters. The molecule has 1 aliphatic rings. The summed E-state index contributed by atoms with van der Waals surface area (Å²) in [5.41, 5.74) is 0. The van der Waals surface area contributed by atoms with Gasteiger partial charge in [0.1, 0.15) is 4.88 Å². The number of anilines is 1. The molecule has 0 unspecified atom stereocenters. The number of carbonyl (C=O) groups excluding carboxylic acids is 1. The molecule has 2 rings (SSSR count). The van der Waals surface area contributed by atoms with Crippen LogP contribution in [-0.4, -0.2) is 17.0 Å². The molecule has 0 aromatic carbocycles. The smallest absolute Gasteiger partial charge is 0.345 e. The first-order chi connectivity index (χ1) is 7.66. The molecule has 0 bridgehead atoms. The van der Waals surface area contributed by atoms with Crippen molar-refractivity contribution in [2.45, 2.75) is 12.8 Å². The fraction of sp³-hybridized carbons (Fsp3) is 0.273. The van der Waals surface area contributed by atoms with Crippen molar-refractivity contribution in [1.82, 2.24) is 0 Å². The maximum Gasteiger partial charge on any atom is 0.345 e. The molecule has 84 valence electrons. The Kier molecular flexibility index (Phi) is 3.05. The van der Waals surface area contributed by atoms with E-state index < -0.39 is 5.97 Å². The number of hydrogen-bond acceptors (Lipinski definition) is 3. The third-order valence-electron chi connectivity index (χ3n) is 2.44. The van der Waals surface area contributed by atoms with Crippen molar-refractivity contribution in [3.8, 4) is 0 Å². The Hall–Kier alpha value is -1.62. The second-order valence-electron chi connectivity index (χ2n) is 3.60. The first kappa shape index (κ1) is 10.9. The molecular weight excluding hydrogens is 226 g/mol. The monoisotopic (exact) mass is 237 g/mol. The molecule has 0 saturated heterocycles. The Bertz CT molecular complexity index is 442. The molecule has 4 nitrogen and oxygen atoms in total. The second kappa shape index (κ2) is 4.49. The average molecular weight is 237 g/mol.